The highest BCUT2D eigenvalue weighted by Gasteiger charge is 2.20. The molecule has 0 bridgehead atoms. The van der Waals surface area contributed by atoms with Crippen LogP contribution in [0.2, 0.25) is 0 Å². The Balaban J connectivity index is 4.04. The van der Waals surface area contributed by atoms with Gasteiger partial charge < -0.3 is 19.3 Å². The van der Waals surface area contributed by atoms with E-state index in [-0.39, 0.29) is 13.2 Å². The molecule has 2 N–H and O–H groups in total. The molecule has 0 heterocycles. The number of hydrogen-bond acceptors (Lipinski definition) is 5. The maximum atomic E-state index is 10.7. The summed E-state index contributed by atoms with van der Waals surface area (Å²) < 4.78 is 24.3. The van der Waals surface area contributed by atoms with E-state index in [0.29, 0.717) is 0 Å². The zero-order valence-corrected chi connectivity index (χ0v) is 9.76. The average molecular weight is 254 g/mol. The fraction of sp³-hybridized carbons (Fsp3) is 0.625. The minimum Gasteiger partial charge on any atom is -0.458 e. The Morgan fingerprint density at radius 2 is 2.12 bits per heavy atom. The van der Waals surface area contributed by atoms with Gasteiger partial charge in [-0.15, -0.1) is 6.58 Å². The highest BCUT2D eigenvalue weighted by Crippen LogP contribution is 2.35. The van der Waals surface area contributed by atoms with Crippen molar-refractivity contribution in [2.24, 2.45) is 0 Å². The smallest absolute Gasteiger partial charge is 0.458 e. The number of phosphoric ester groups is 1. The van der Waals surface area contributed by atoms with Crippen molar-refractivity contribution in [2.75, 3.05) is 19.8 Å². The van der Waals surface area contributed by atoms with Crippen LogP contribution in [0.4, 0.5) is 0 Å². The number of carbonyl (C=O) groups is 1. The topological polar surface area (TPSA) is 102 Å². The van der Waals surface area contributed by atoms with Gasteiger partial charge in [0, 0.05) is 6.92 Å². The van der Waals surface area contributed by atoms with Crippen molar-refractivity contribution in [3.63, 3.8) is 0 Å². The minimum absolute atomic E-state index is 0.0222. The summed E-state index contributed by atoms with van der Waals surface area (Å²) in [6.07, 6.45) is 0.638. The first kappa shape index (κ1) is 15.3. The van der Waals surface area contributed by atoms with Gasteiger partial charge in [-0.05, 0) is 0 Å². The molecule has 0 amide bonds. The molecule has 16 heavy (non-hydrogen) atoms. The van der Waals surface area contributed by atoms with Gasteiger partial charge in [0.2, 0.25) is 0 Å². The van der Waals surface area contributed by atoms with E-state index < -0.39 is 26.5 Å². The fourth-order valence-electron chi connectivity index (χ4n) is 0.814. The first-order chi connectivity index (χ1) is 7.35. The van der Waals surface area contributed by atoms with Crippen LogP contribution in [0.1, 0.15) is 6.92 Å². The Kier molecular flexibility index (Phi) is 7.20. The van der Waals surface area contributed by atoms with Crippen LogP contribution < -0.4 is 0 Å². The number of ether oxygens (including phenoxy) is 2. The molecule has 0 aromatic carbocycles. The molecule has 0 saturated heterocycles. The number of hydrogen-bond donors (Lipinski definition) is 2. The third kappa shape index (κ3) is 9.82. The lowest BCUT2D eigenvalue weighted by Gasteiger charge is -2.16. The van der Waals surface area contributed by atoms with E-state index in [1.165, 1.54) is 13.0 Å². The molecule has 94 valence electrons. The lowest BCUT2D eigenvalue weighted by Crippen LogP contribution is -2.27. The number of carbonyl (C=O) groups excluding carboxylic acids is 1. The second-order valence-corrected chi connectivity index (χ2v) is 4.08. The number of rotatable bonds is 8. The normalized spacial score (nSPS) is 13.2. The summed E-state index contributed by atoms with van der Waals surface area (Å²) in [6, 6.07) is 0. The first-order valence-electron chi connectivity index (χ1n) is 4.41. The second kappa shape index (κ2) is 7.54. The molecule has 0 aliphatic carbocycles. The van der Waals surface area contributed by atoms with E-state index in [1.54, 1.807) is 0 Å². The van der Waals surface area contributed by atoms with Gasteiger partial charge in [0.05, 0.1) is 19.8 Å². The Hall–Kier alpha value is -0.720. The van der Waals surface area contributed by atoms with Crippen molar-refractivity contribution in [1.82, 2.24) is 0 Å². The SMILES string of the molecule is C=CCOC[C@H](COP(=O)(O)O)OC(C)=O. The molecule has 8 heteroatoms. The van der Waals surface area contributed by atoms with Crippen molar-refractivity contribution in [3.05, 3.63) is 12.7 Å². The average Bonchev–Trinajstić information content (AvgIpc) is 2.12. The molecule has 1 atom stereocenters. The predicted octanol–water partition coefficient (Wildman–Crippen LogP) is 0.230. The molecule has 0 spiro atoms. The quantitative estimate of drug-likeness (QED) is 0.276. The molecule has 0 aliphatic rings. The molecule has 0 fully saturated rings. The molecule has 0 aromatic rings. The van der Waals surface area contributed by atoms with Crippen molar-refractivity contribution in [1.29, 1.82) is 0 Å². The third-order valence-electron chi connectivity index (χ3n) is 1.30. The van der Waals surface area contributed by atoms with Crippen molar-refractivity contribution >= 4 is 13.8 Å². The Morgan fingerprint density at radius 3 is 2.56 bits per heavy atom. The van der Waals surface area contributed by atoms with Crippen LogP contribution in [0.15, 0.2) is 12.7 Å². The molecule has 0 unspecified atom stereocenters. The highest BCUT2D eigenvalue weighted by molar-refractivity contribution is 7.46. The summed E-state index contributed by atoms with van der Waals surface area (Å²) >= 11 is 0. The molecule has 0 saturated carbocycles. The van der Waals surface area contributed by atoms with Crippen LogP contribution in [0.25, 0.3) is 0 Å². The van der Waals surface area contributed by atoms with Gasteiger partial charge in [0.15, 0.2) is 0 Å². The van der Waals surface area contributed by atoms with E-state index in [9.17, 15) is 9.36 Å². The van der Waals surface area contributed by atoms with E-state index in [1.807, 2.05) is 0 Å². The fourth-order valence-corrected chi connectivity index (χ4v) is 1.17. The summed E-state index contributed by atoms with van der Waals surface area (Å²) in [4.78, 5) is 27.6. The lowest BCUT2D eigenvalue weighted by atomic mass is 10.4. The Morgan fingerprint density at radius 1 is 1.50 bits per heavy atom. The Bertz CT molecular complexity index is 272. The third-order valence-corrected chi connectivity index (χ3v) is 1.79. The van der Waals surface area contributed by atoms with Crippen LogP contribution in [0.5, 0.6) is 0 Å². The Labute approximate surface area is 93.2 Å². The maximum absolute atomic E-state index is 10.7. The van der Waals surface area contributed by atoms with Crippen molar-refractivity contribution in [3.8, 4) is 0 Å². The summed E-state index contributed by atoms with van der Waals surface area (Å²) in [7, 11) is -4.57. The first-order valence-corrected chi connectivity index (χ1v) is 5.94. The maximum Gasteiger partial charge on any atom is 0.469 e. The summed E-state index contributed by atoms with van der Waals surface area (Å²) in [5.41, 5.74) is 0. The van der Waals surface area contributed by atoms with E-state index in [2.05, 4.69) is 11.1 Å². The molecule has 0 aromatic heterocycles. The molecular formula is C8H15O7P. The second-order valence-electron chi connectivity index (χ2n) is 2.84. The van der Waals surface area contributed by atoms with Crippen LogP contribution >= 0.6 is 7.82 Å². The minimum atomic E-state index is -4.57. The number of phosphoric acid groups is 1. The van der Waals surface area contributed by atoms with Crippen molar-refractivity contribution in [2.45, 2.75) is 13.0 Å². The van der Waals surface area contributed by atoms with Gasteiger partial charge >= 0.3 is 13.8 Å². The highest BCUT2D eigenvalue weighted by atomic mass is 31.2. The van der Waals surface area contributed by atoms with Crippen LogP contribution in [-0.4, -0.2) is 41.7 Å². The monoisotopic (exact) mass is 254 g/mol. The van der Waals surface area contributed by atoms with E-state index in [4.69, 9.17) is 19.3 Å². The standard InChI is InChI=1S/C8H15O7P/c1-3-4-13-5-8(15-7(2)9)6-14-16(10,11)12/h3,8H,1,4-6H2,2H3,(H2,10,11,12)/t8-/m1/s1. The number of esters is 1. The van der Waals surface area contributed by atoms with E-state index >= 15 is 0 Å². The van der Waals surface area contributed by atoms with Gasteiger partial charge in [0.1, 0.15) is 6.10 Å². The molecule has 0 aliphatic heterocycles. The van der Waals surface area contributed by atoms with E-state index in [0.717, 1.165) is 0 Å². The van der Waals surface area contributed by atoms with Crippen molar-refractivity contribution < 1.29 is 33.1 Å². The van der Waals surface area contributed by atoms with Gasteiger partial charge in [-0.2, -0.15) is 0 Å². The zero-order chi connectivity index (χ0) is 12.6. The van der Waals surface area contributed by atoms with Crippen LogP contribution in [0, 0.1) is 0 Å². The summed E-state index contributed by atoms with van der Waals surface area (Å²) in [6.45, 7) is 4.39. The molecule has 0 radical (unpaired) electrons. The van der Waals surface area contributed by atoms with Crippen LogP contribution in [0.3, 0.4) is 0 Å². The molecule has 0 rings (SSSR count). The largest absolute Gasteiger partial charge is 0.469 e. The van der Waals surface area contributed by atoms with Gasteiger partial charge in [0.25, 0.3) is 0 Å². The van der Waals surface area contributed by atoms with Gasteiger partial charge in [-0.1, -0.05) is 6.08 Å². The summed E-state index contributed by atoms with van der Waals surface area (Å²) in [5.74, 6) is -0.582. The van der Waals surface area contributed by atoms with Crippen LogP contribution in [-0.2, 0) is 23.4 Å². The summed E-state index contributed by atoms with van der Waals surface area (Å²) in [5, 5.41) is 0. The molecule has 7 nitrogen and oxygen atoms in total. The van der Waals surface area contributed by atoms with Gasteiger partial charge in [-0.3, -0.25) is 9.32 Å². The zero-order valence-electron chi connectivity index (χ0n) is 8.87. The molecular weight excluding hydrogens is 239 g/mol. The predicted molar refractivity (Wildman–Crippen MR) is 54.6 cm³/mol. The lowest BCUT2D eigenvalue weighted by molar-refractivity contribution is -0.151. The van der Waals surface area contributed by atoms with Gasteiger partial charge in [-0.25, -0.2) is 4.57 Å².